The van der Waals surface area contributed by atoms with Crippen LogP contribution in [0.25, 0.3) is 0 Å². The zero-order valence-electron chi connectivity index (χ0n) is 12.6. The van der Waals surface area contributed by atoms with E-state index in [1.807, 2.05) is 12.1 Å². The summed E-state index contributed by atoms with van der Waals surface area (Å²) >= 11 is 0. The second-order valence-electron chi connectivity index (χ2n) is 6.23. The second kappa shape index (κ2) is 7.57. The Hall–Kier alpha value is -0.910. The summed E-state index contributed by atoms with van der Waals surface area (Å²) in [4.78, 5) is 2.48. The average Bonchev–Trinajstić information content (AvgIpc) is 2.84. The minimum Gasteiger partial charge on any atom is -0.435 e. The van der Waals surface area contributed by atoms with Gasteiger partial charge in [-0.25, -0.2) is 0 Å². The van der Waals surface area contributed by atoms with Gasteiger partial charge in [-0.2, -0.15) is 8.78 Å². The maximum absolute atomic E-state index is 12.1. The number of rotatable bonds is 4. The molecule has 0 radical (unpaired) electrons. The van der Waals surface area contributed by atoms with Gasteiger partial charge in [0.05, 0.1) is 0 Å². The molecule has 1 N–H and O–H groups in total. The number of halogens is 3. The van der Waals surface area contributed by atoms with Gasteiger partial charge in [0.2, 0.25) is 0 Å². The van der Waals surface area contributed by atoms with Gasteiger partial charge < -0.3 is 10.1 Å². The van der Waals surface area contributed by atoms with Crippen LogP contribution in [0.2, 0.25) is 0 Å². The van der Waals surface area contributed by atoms with E-state index in [1.165, 1.54) is 19.3 Å². The Morgan fingerprint density at radius 1 is 1.14 bits per heavy atom. The van der Waals surface area contributed by atoms with Crippen molar-refractivity contribution in [2.45, 2.75) is 32.4 Å². The zero-order valence-corrected chi connectivity index (χ0v) is 13.4. The molecule has 2 aliphatic rings. The normalized spacial score (nSPS) is 21.0. The quantitative estimate of drug-likeness (QED) is 0.915. The van der Waals surface area contributed by atoms with Crippen LogP contribution >= 0.6 is 12.4 Å². The van der Waals surface area contributed by atoms with Crippen molar-refractivity contribution in [1.82, 2.24) is 10.2 Å². The molecule has 0 aliphatic carbocycles. The van der Waals surface area contributed by atoms with Gasteiger partial charge in [0.15, 0.2) is 0 Å². The first kappa shape index (κ1) is 17.4. The maximum atomic E-state index is 12.1. The van der Waals surface area contributed by atoms with Crippen molar-refractivity contribution in [2.75, 3.05) is 26.2 Å². The van der Waals surface area contributed by atoms with E-state index in [4.69, 9.17) is 0 Å². The molecule has 0 amide bonds. The molecule has 2 heterocycles. The van der Waals surface area contributed by atoms with Crippen LogP contribution in [0.4, 0.5) is 8.78 Å². The number of nitrogens with one attached hydrogen (secondary N) is 1. The zero-order chi connectivity index (χ0) is 14.7. The number of hydrogen-bond donors (Lipinski definition) is 1. The van der Waals surface area contributed by atoms with Crippen LogP contribution in [0.15, 0.2) is 24.3 Å². The summed E-state index contributed by atoms with van der Waals surface area (Å²) < 4.78 is 28.6. The van der Waals surface area contributed by atoms with Gasteiger partial charge in [0.25, 0.3) is 0 Å². The van der Waals surface area contributed by atoms with Crippen LogP contribution in [-0.4, -0.2) is 37.7 Å². The van der Waals surface area contributed by atoms with E-state index < -0.39 is 6.61 Å². The van der Waals surface area contributed by atoms with Crippen LogP contribution in [0.5, 0.6) is 5.75 Å². The maximum Gasteiger partial charge on any atom is 0.387 e. The van der Waals surface area contributed by atoms with E-state index in [0.29, 0.717) is 5.41 Å². The van der Waals surface area contributed by atoms with Crippen LogP contribution in [0.3, 0.4) is 0 Å². The third kappa shape index (κ3) is 4.31. The first-order valence-electron chi connectivity index (χ1n) is 7.62. The molecule has 6 heteroatoms. The average molecular weight is 333 g/mol. The summed E-state index contributed by atoms with van der Waals surface area (Å²) in [5.41, 5.74) is 1.66. The molecule has 3 rings (SSSR count). The molecule has 3 nitrogen and oxygen atoms in total. The number of piperidine rings is 1. The Kier molecular flexibility index (Phi) is 6.01. The van der Waals surface area contributed by atoms with Gasteiger partial charge in [-0.1, -0.05) is 12.1 Å². The SMILES string of the molecule is Cl.FC(F)Oc1ccc(CN2CCC3(CCNCC3)C2)cc1. The third-order valence-corrected chi connectivity index (χ3v) is 4.74. The molecule has 1 aromatic carbocycles. The largest absolute Gasteiger partial charge is 0.435 e. The molecular weight excluding hydrogens is 310 g/mol. The van der Waals surface area contributed by atoms with Crippen LogP contribution in [0.1, 0.15) is 24.8 Å². The molecule has 0 atom stereocenters. The van der Waals surface area contributed by atoms with Crippen molar-refractivity contribution < 1.29 is 13.5 Å². The van der Waals surface area contributed by atoms with E-state index in [9.17, 15) is 8.78 Å². The predicted octanol–water partition coefficient (Wildman–Crippen LogP) is 3.29. The van der Waals surface area contributed by atoms with Crippen LogP contribution in [-0.2, 0) is 6.54 Å². The molecule has 0 unspecified atom stereocenters. The summed E-state index contributed by atoms with van der Waals surface area (Å²) in [7, 11) is 0. The van der Waals surface area contributed by atoms with Gasteiger partial charge >= 0.3 is 6.61 Å². The first-order valence-corrected chi connectivity index (χ1v) is 7.62. The third-order valence-electron chi connectivity index (χ3n) is 4.74. The molecule has 1 spiro atoms. The second-order valence-corrected chi connectivity index (χ2v) is 6.23. The lowest BCUT2D eigenvalue weighted by atomic mass is 9.78. The number of ether oxygens (including phenoxy) is 1. The molecule has 0 aromatic heterocycles. The summed E-state index contributed by atoms with van der Waals surface area (Å²) in [6.45, 7) is 2.69. The summed E-state index contributed by atoms with van der Waals surface area (Å²) in [6.07, 6.45) is 3.82. The summed E-state index contributed by atoms with van der Waals surface area (Å²) in [6, 6.07) is 7.01. The van der Waals surface area contributed by atoms with Crippen LogP contribution < -0.4 is 10.1 Å². The molecule has 0 bridgehead atoms. The van der Waals surface area contributed by atoms with Gasteiger partial charge in [-0.05, 0) is 62.0 Å². The number of nitrogens with zero attached hydrogens (tertiary/aromatic N) is 1. The van der Waals surface area contributed by atoms with Gasteiger partial charge in [0, 0.05) is 13.1 Å². The topological polar surface area (TPSA) is 24.5 Å². The Morgan fingerprint density at radius 3 is 2.45 bits per heavy atom. The highest BCUT2D eigenvalue weighted by Gasteiger charge is 2.38. The standard InChI is InChI=1S/C16H22F2N2O.ClH/c17-15(18)21-14-3-1-13(2-4-14)11-20-10-7-16(12-20)5-8-19-9-6-16;/h1-4,15,19H,5-12H2;1H. The molecular formula is C16H23ClF2N2O. The molecule has 2 aliphatic heterocycles. The molecule has 2 saturated heterocycles. The molecule has 22 heavy (non-hydrogen) atoms. The Balaban J connectivity index is 0.00000176. The highest BCUT2D eigenvalue weighted by molar-refractivity contribution is 5.85. The van der Waals surface area contributed by atoms with Crippen molar-refractivity contribution in [2.24, 2.45) is 5.41 Å². The molecule has 124 valence electrons. The smallest absolute Gasteiger partial charge is 0.387 e. The number of benzene rings is 1. The monoisotopic (exact) mass is 332 g/mol. The Bertz CT molecular complexity index is 464. The van der Waals surface area contributed by atoms with Gasteiger partial charge in [-0.15, -0.1) is 12.4 Å². The molecule has 0 saturated carbocycles. The van der Waals surface area contributed by atoms with Crippen molar-refractivity contribution in [3.8, 4) is 5.75 Å². The van der Waals surface area contributed by atoms with Crippen molar-refractivity contribution >= 4 is 12.4 Å². The van der Waals surface area contributed by atoms with E-state index in [1.54, 1.807) is 12.1 Å². The summed E-state index contributed by atoms with van der Waals surface area (Å²) in [5.74, 6) is 0.227. The fourth-order valence-corrected chi connectivity index (χ4v) is 3.56. The lowest BCUT2D eigenvalue weighted by molar-refractivity contribution is -0.0498. The minimum atomic E-state index is -2.76. The van der Waals surface area contributed by atoms with Crippen molar-refractivity contribution in [3.63, 3.8) is 0 Å². The van der Waals surface area contributed by atoms with E-state index >= 15 is 0 Å². The molecule has 2 fully saturated rings. The van der Waals surface area contributed by atoms with Gasteiger partial charge in [-0.3, -0.25) is 4.90 Å². The van der Waals surface area contributed by atoms with Crippen molar-refractivity contribution in [1.29, 1.82) is 0 Å². The van der Waals surface area contributed by atoms with Crippen LogP contribution in [0, 0.1) is 5.41 Å². The van der Waals surface area contributed by atoms with Crippen molar-refractivity contribution in [3.05, 3.63) is 29.8 Å². The molecule has 1 aromatic rings. The van der Waals surface area contributed by atoms with E-state index in [0.717, 1.165) is 38.3 Å². The first-order chi connectivity index (χ1) is 10.2. The Morgan fingerprint density at radius 2 is 1.82 bits per heavy atom. The number of alkyl halides is 2. The summed E-state index contributed by atoms with van der Waals surface area (Å²) in [5, 5.41) is 3.43. The fourth-order valence-electron chi connectivity index (χ4n) is 3.56. The van der Waals surface area contributed by atoms with Gasteiger partial charge in [0.1, 0.15) is 5.75 Å². The predicted molar refractivity (Wildman–Crippen MR) is 84.8 cm³/mol. The number of hydrogen-bond acceptors (Lipinski definition) is 3. The minimum absolute atomic E-state index is 0. The highest BCUT2D eigenvalue weighted by Crippen LogP contribution is 2.39. The van der Waals surface area contributed by atoms with E-state index in [2.05, 4.69) is 15.0 Å². The lowest BCUT2D eigenvalue weighted by Gasteiger charge is -2.33. The fraction of sp³-hybridized carbons (Fsp3) is 0.625. The number of likely N-dealkylation sites (tertiary alicyclic amines) is 1. The lowest BCUT2D eigenvalue weighted by Crippen LogP contribution is -2.38. The van der Waals surface area contributed by atoms with E-state index in [-0.39, 0.29) is 18.2 Å². The Labute approximate surface area is 136 Å². The highest BCUT2D eigenvalue weighted by atomic mass is 35.5.